The summed E-state index contributed by atoms with van der Waals surface area (Å²) < 4.78 is 31.2. The SMILES string of the molecule is COC(=O)[C@H](Cc1ccc(C(=O)c2ccccc2)cc1)NC(=O)Cc1ccc(F)c(F)c1. The van der Waals surface area contributed by atoms with Crippen LogP contribution in [-0.4, -0.2) is 30.8 Å². The summed E-state index contributed by atoms with van der Waals surface area (Å²) in [7, 11) is 1.21. The van der Waals surface area contributed by atoms with Gasteiger partial charge < -0.3 is 10.1 Å². The first kappa shape index (κ1) is 22.8. The summed E-state index contributed by atoms with van der Waals surface area (Å²) in [6, 6.07) is 17.8. The van der Waals surface area contributed by atoms with Gasteiger partial charge in [-0.25, -0.2) is 13.6 Å². The number of ether oxygens (including phenoxy) is 1. The Balaban J connectivity index is 1.67. The van der Waals surface area contributed by atoms with Crippen LogP contribution in [0.5, 0.6) is 0 Å². The molecule has 164 valence electrons. The van der Waals surface area contributed by atoms with E-state index in [0.717, 1.165) is 12.1 Å². The molecule has 0 aliphatic rings. The number of hydrogen-bond acceptors (Lipinski definition) is 4. The largest absolute Gasteiger partial charge is 0.467 e. The molecule has 0 radical (unpaired) electrons. The molecule has 3 aromatic rings. The maximum absolute atomic E-state index is 13.4. The lowest BCUT2D eigenvalue weighted by Crippen LogP contribution is -2.43. The minimum Gasteiger partial charge on any atom is -0.467 e. The minimum absolute atomic E-state index is 0.124. The van der Waals surface area contributed by atoms with Gasteiger partial charge in [0.05, 0.1) is 13.5 Å². The fourth-order valence-corrected chi connectivity index (χ4v) is 3.20. The van der Waals surface area contributed by atoms with Crippen molar-refractivity contribution < 1.29 is 27.9 Å². The Labute approximate surface area is 184 Å². The number of carbonyl (C=O) groups is 3. The second kappa shape index (κ2) is 10.4. The van der Waals surface area contributed by atoms with Gasteiger partial charge in [0, 0.05) is 17.5 Å². The predicted octanol–water partition coefficient (Wildman–Crippen LogP) is 3.64. The van der Waals surface area contributed by atoms with E-state index >= 15 is 0 Å². The summed E-state index contributed by atoms with van der Waals surface area (Å²) in [6.07, 6.45) is -0.0921. The number of esters is 1. The van der Waals surface area contributed by atoms with E-state index in [9.17, 15) is 23.2 Å². The number of rotatable bonds is 8. The Bertz CT molecular complexity index is 1110. The summed E-state index contributed by atoms with van der Waals surface area (Å²) in [5.41, 5.74) is 2.04. The molecule has 0 aliphatic carbocycles. The zero-order valence-electron chi connectivity index (χ0n) is 17.3. The van der Waals surface area contributed by atoms with Gasteiger partial charge in [0.1, 0.15) is 6.04 Å². The van der Waals surface area contributed by atoms with Crippen molar-refractivity contribution in [2.24, 2.45) is 0 Å². The quantitative estimate of drug-likeness (QED) is 0.432. The molecule has 1 amide bonds. The van der Waals surface area contributed by atoms with Crippen LogP contribution in [0.3, 0.4) is 0 Å². The van der Waals surface area contributed by atoms with Crippen LogP contribution in [0.4, 0.5) is 8.78 Å². The van der Waals surface area contributed by atoms with E-state index < -0.39 is 29.6 Å². The molecule has 1 N–H and O–H groups in total. The predicted molar refractivity (Wildman–Crippen MR) is 114 cm³/mol. The Morgan fingerprint density at radius 2 is 1.47 bits per heavy atom. The van der Waals surface area contributed by atoms with Gasteiger partial charge in [-0.3, -0.25) is 9.59 Å². The molecule has 0 saturated carbocycles. The standard InChI is InChI=1S/C25H21F2NO4/c1-32-25(31)22(28-23(29)15-17-9-12-20(26)21(27)13-17)14-16-7-10-19(11-8-16)24(30)18-5-3-2-4-6-18/h2-13,22H,14-15H2,1H3,(H,28,29)/t22-/m0/s1. The summed E-state index contributed by atoms with van der Waals surface area (Å²) >= 11 is 0. The van der Waals surface area contributed by atoms with E-state index in [4.69, 9.17) is 4.74 Å². The van der Waals surface area contributed by atoms with Gasteiger partial charge in [-0.1, -0.05) is 60.7 Å². The van der Waals surface area contributed by atoms with Crippen molar-refractivity contribution in [2.75, 3.05) is 7.11 Å². The molecule has 5 nitrogen and oxygen atoms in total. The van der Waals surface area contributed by atoms with E-state index in [1.165, 1.54) is 13.2 Å². The van der Waals surface area contributed by atoms with Gasteiger partial charge in [-0.05, 0) is 23.3 Å². The summed E-state index contributed by atoms with van der Waals surface area (Å²) in [5, 5.41) is 2.57. The minimum atomic E-state index is -1.05. The van der Waals surface area contributed by atoms with Crippen molar-refractivity contribution in [2.45, 2.75) is 18.9 Å². The van der Waals surface area contributed by atoms with Crippen molar-refractivity contribution >= 4 is 17.7 Å². The lowest BCUT2D eigenvalue weighted by Gasteiger charge is -2.17. The highest BCUT2D eigenvalue weighted by Gasteiger charge is 2.22. The topological polar surface area (TPSA) is 72.5 Å². The number of nitrogens with one attached hydrogen (secondary N) is 1. The zero-order valence-corrected chi connectivity index (χ0v) is 17.3. The van der Waals surface area contributed by atoms with E-state index in [2.05, 4.69) is 5.32 Å². The first-order valence-corrected chi connectivity index (χ1v) is 9.87. The number of hydrogen-bond donors (Lipinski definition) is 1. The molecule has 7 heteroatoms. The van der Waals surface area contributed by atoms with Crippen molar-refractivity contribution in [1.82, 2.24) is 5.32 Å². The Hall–Kier alpha value is -3.87. The summed E-state index contributed by atoms with van der Waals surface area (Å²) in [5.74, 6) is -3.36. The zero-order chi connectivity index (χ0) is 23.1. The average Bonchev–Trinajstić information content (AvgIpc) is 2.81. The van der Waals surface area contributed by atoms with Crippen molar-refractivity contribution in [1.29, 1.82) is 0 Å². The highest BCUT2D eigenvalue weighted by Crippen LogP contribution is 2.13. The van der Waals surface area contributed by atoms with Gasteiger partial charge >= 0.3 is 5.97 Å². The first-order valence-electron chi connectivity index (χ1n) is 9.87. The van der Waals surface area contributed by atoms with Crippen LogP contribution in [-0.2, 0) is 27.2 Å². The molecule has 0 bridgehead atoms. The molecule has 0 saturated heterocycles. The third kappa shape index (κ3) is 5.85. The number of ketones is 1. The highest BCUT2D eigenvalue weighted by atomic mass is 19.2. The molecule has 1 atom stereocenters. The molecule has 3 rings (SSSR count). The van der Waals surface area contributed by atoms with Crippen molar-refractivity contribution in [3.05, 3.63) is 107 Å². The maximum Gasteiger partial charge on any atom is 0.328 e. The van der Waals surface area contributed by atoms with Crippen LogP contribution >= 0.6 is 0 Å². The smallest absolute Gasteiger partial charge is 0.328 e. The number of carbonyl (C=O) groups excluding carboxylic acids is 3. The van der Waals surface area contributed by atoms with Crippen LogP contribution in [0.2, 0.25) is 0 Å². The highest BCUT2D eigenvalue weighted by molar-refractivity contribution is 6.08. The lowest BCUT2D eigenvalue weighted by molar-refractivity contribution is -0.145. The molecule has 0 aromatic heterocycles. The second-order valence-corrected chi connectivity index (χ2v) is 7.16. The molecular formula is C25H21F2NO4. The average molecular weight is 437 g/mol. The van der Waals surface area contributed by atoms with Gasteiger partial charge in [-0.15, -0.1) is 0 Å². The number of methoxy groups -OCH3 is 1. The maximum atomic E-state index is 13.4. The monoisotopic (exact) mass is 437 g/mol. The summed E-state index contributed by atoms with van der Waals surface area (Å²) in [4.78, 5) is 37.0. The van der Waals surface area contributed by atoms with Crippen LogP contribution in [0.1, 0.15) is 27.0 Å². The normalized spacial score (nSPS) is 11.5. The van der Waals surface area contributed by atoms with E-state index in [1.807, 2.05) is 6.07 Å². The molecular weight excluding hydrogens is 416 g/mol. The number of amides is 1. The van der Waals surface area contributed by atoms with E-state index in [-0.39, 0.29) is 24.2 Å². The van der Waals surface area contributed by atoms with Gasteiger partial charge in [0.15, 0.2) is 17.4 Å². The van der Waals surface area contributed by atoms with E-state index in [0.29, 0.717) is 16.7 Å². The fraction of sp³-hybridized carbons (Fsp3) is 0.160. The summed E-state index contributed by atoms with van der Waals surface area (Å²) in [6.45, 7) is 0. The number of benzene rings is 3. The van der Waals surface area contributed by atoms with Gasteiger partial charge in [0.2, 0.25) is 5.91 Å². The van der Waals surface area contributed by atoms with Crippen LogP contribution in [0, 0.1) is 11.6 Å². The lowest BCUT2D eigenvalue weighted by atomic mass is 9.99. The molecule has 32 heavy (non-hydrogen) atoms. The number of halogens is 2. The molecule has 0 spiro atoms. The molecule has 0 aliphatic heterocycles. The van der Waals surface area contributed by atoms with Gasteiger partial charge in [-0.2, -0.15) is 0 Å². The fourth-order valence-electron chi connectivity index (χ4n) is 3.20. The molecule has 3 aromatic carbocycles. The molecule has 0 heterocycles. The van der Waals surface area contributed by atoms with Crippen LogP contribution < -0.4 is 5.32 Å². The Morgan fingerprint density at radius 3 is 2.09 bits per heavy atom. The third-order valence-corrected chi connectivity index (χ3v) is 4.86. The first-order chi connectivity index (χ1) is 15.4. The van der Waals surface area contributed by atoms with E-state index in [1.54, 1.807) is 48.5 Å². The third-order valence-electron chi connectivity index (χ3n) is 4.86. The second-order valence-electron chi connectivity index (χ2n) is 7.16. The van der Waals surface area contributed by atoms with Crippen LogP contribution in [0.25, 0.3) is 0 Å². The van der Waals surface area contributed by atoms with Gasteiger partial charge in [0.25, 0.3) is 0 Å². The Morgan fingerprint density at radius 1 is 0.844 bits per heavy atom. The Kier molecular flexibility index (Phi) is 7.44. The molecule has 0 unspecified atom stereocenters. The van der Waals surface area contributed by atoms with Crippen LogP contribution in [0.15, 0.2) is 72.8 Å². The van der Waals surface area contributed by atoms with Crippen molar-refractivity contribution in [3.63, 3.8) is 0 Å². The van der Waals surface area contributed by atoms with Crippen molar-refractivity contribution in [3.8, 4) is 0 Å². The molecule has 0 fully saturated rings.